The zero-order chi connectivity index (χ0) is 15.4. The van der Waals surface area contributed by atoms with E-state index in [9.17, 15) is 9.59 Å². The summed E-state index contributed by atoms with van der Waals surface area (Å²) in [7, 11) is 1.27. The van der Waals surface area contributed by atoms with Crippen LogP contribution in [0.3, 0.4) is 0 Å². The highest BCUT2D eigenvalue weighted by atomic mass is 16.5. The summed E-state index contributed by atoms with van der Waals surface area (Å²) in [5.74, 6) is -0.00607. The van der Waals surface area contributed by atoms with Crippen LogP contribution >= 0.6 is 0 Å². The molecular weight excluding hydrogens is 276 g/mol. The molecular formula is C13H20N4O4. The number of carbonyl (C=O) groups excluding carboxylic acids is 2. The minimum Gasteiger partial charge on any atom is -0.465 e. The molecule has 0 radical (unpaired) electrons. The van der Waals surface area contributed by atoms with Gasteiger partial charge in [0.15, 0.2) is 5.82 Å². The zero-order valence-corrected chi connectivity index (χ0v) is 12.2. The van der Waals surface area contributed by atoms with E-state index in [0.717, 1.165) is 6.54 Å². The number of hydrogen-bond donors (Lipinski definition) is 2. The van der Waals surface area contributed by atoms with Crippen LogP contribution in [0, 0.1) is 5.92 Å². The summed E-state index contributed by atoms with van der Waals surface area (Å²) in [6.45, 7) is 2.57. The van der Waals surface area contributed by atoms with E-state index in [1.165, 1.54) is 24.6 Å². The van der Waals surface area contributed by atoms with Crippen LogP contribution < -0.4 is 11.1 Å². The van der Waals surface area contributed by atoms with Crippen LogP contribution in [0.5, 0.6) is 0 Å². The van der Waals surface area contributed by atoms with Gasteiger partial charge in [-0.25, -0.2) is 9.48 Å². The van der Waals surface area contributed by atoms with Crippen molar-refractivity contribution < 1.29 is 19.1 Å². The van der Waals surface area contributed by atoms with Crippen LogP contribution in [0.25, 0.3) is 0 Å². The summed E-state index contributed by atoms with van der Waals surface area (Å²) in [4.78, 5) is 23.4. The first-order valence-electron chi connectivity index (χ1n) is 6.90. The first-order chi connectivity index (χ1) is 10.1. The Morgan fingerprint density at radius 3 is 2.76 bits per heavy atom. The van der Waals surface area contributed by atoms with Gasteiger partial charge in [0, 0.05) is 6.54 Å². The predicted molar refractivity (Wildman–Crippen MR) is 75.8 cm³/mol. The number of hydrogen-bond acceptors (Lipinski definition) is 7. The normalized spacial score (nSPS) is 13.8. The second-order valence-corrected chi connectivity index (χ2v) is 4.89. The van der Waals surface area contributed by atoms with Crippen molar-refractivity contribution in [3.8, 4) is 0 Å². The summed E-state index contributed by atoms with van der Waals surface area (Å²) in [6, 6.07) is 0. The lowest BCUT2D eigenvalue weighted by Gasteiger charge is -2.04. The maximum absolute atomic E-state index is 11.8. The Hall–Kier alpha value is -2.25. The highest BCUT2D eigenvalue weighted by Gasteiger charge is 2.26. The molecule has 1 aromatic rings. The van der Waals surface area contributed by atoms with Gasteiger partial charge in [-0.3, -0.25) is 4.79 Å². The standard InChI is InChI=1S/C13H20N4O4/c1-3-21-9(18)7-17-11(14)10(13(19)20-2)12(16-17)15-6-8-4-5-8/h8H,3-7,14H2,1-2H3,(H,15,16). The Morgan fingerprint density at radius 2 is 2.19 bits per heavy atom. The Labute approximate surface area is 122 Å². The van der Waals surface area contributed by atoms with Crippen molar-refractivity contribution in [3.63, 3.8) is 0 Å². The van der Waals surface area contributed by atoms with Crippen molar-refractivity contribution in [2.75, 3.05) is 31.3 Å². The Kier molecular flexibility index (Phi) is 4.66. The number of carbonyl (C=O) groups is 2. The molecule has 0 aromatic carbocycles. The number of rotatable bonds is 7. The molecule has 0 amide bonds. The van der Waals surface area contributed by atoms with E-state index in [0.29, 0.717) is 11.7 Å². The number of nitrogens with two attached hydrogens (primary N) is 1. The highest BCUT2D eigenvalue weighted by Crippen LogP contribution is 2.30. The smallest absolute Gasteiger partial charge is 0.345 e. The van der Waals surface area contributed by atoms with Gasteiger partial charge < -0.3 is 20.5 Å². The number of aromatic nitrogens is 2. The van der Waals surface area contributed by atoms with E-state index in [1.807, 2.05) is 0 Å². The van der Waals surface area contributed by atoms with Gasteiger partial charge in [-0.15, -0.1) is 0 Å². The third kappa shape index (κ3) is 3.65. The average Bonchev–Trinajstić information content (AvgIpc) is 3.23. The number of ether oxygens (including phenoxy) is 2. The first-order valence-corrected chi connectivity index (χ1v) is 6.90. The number of esters is 2. The molecule has 0 atom stereocenters. The molecule has 2 rings (SSSR count). The topological polar surface area (TPSA) is 108 Å². The van der Waals surface area contributed by atoms with Crippen LogP contribution in [0.4, 0.5) is 11.6 Å². The van der Waals surface area contributed by atoms with Crippen LogP contribution in [0.1, 0.15) is 30.1 Å². The number of methoxy groups -OCH3 is 1. The van der Waals surface area contributed by atoms with Gasteiger partial charge in [0.1, 0.15) is 17.9 Å². The SMILES string of the molecule is CCOC(=O)Cn1nc(NCC2CC2)c(C(=O)OC)c1N. The molecule has 1 aliphatic rings. The maximum Gasteiger partial charge on any atom is 0.345 e. The summed E-state index contributed by atoms with van der Waals surface area (Å²) < 4.78 is 10.8. The maximum atomic E-state index is 11.8. The molecule has 0 spiro atoms. The Balaban J connectivity index is 2.19. The Bertz CT molecular complexity index is 537. The third-order valence-corrected chi connectivity index (χ3v) is 3.22. The average molecular weight is 296 g/mol. The molecule has 1 aliphatic carbocycles. The van der Waals surface area contributed by atoms with Crippen LogP contribution in [-0.4, -0.2) is 42.0 Å². The lowest BCUT2D eigenvalue weighted by molar-refractivity contribution is -0.144. The van der Waals surface area contributed by atoms with E-state index in [2.05, 4.69) is 10.4 Å². The quantitative estimate of drug-likeness (QED) is 0.710. The molecule has 0 saturated heterocycles. The summed E-state index contributed by atoms with van der Waals surface area (Å²) in [5.41, 5.74) is 6.05. The van der Waals surface area contributed by atoms with Crippen molar-refractivity contribution in [3.05, 3.63) is 5.56 Å². The molecule has 0 aliphatic heterocycles. The van der Waals surface area contributed by atoms with E-state index in [4.69, 9.17) is 15.2 Å². The molecule has 0 bridgehead atoms. The molecule has 116 valence electrons. The molecule has 21 heavy (non-hydrogen) atoms. The van der Waals surface area contributed by atoms with E-state index < -0.39 is 11.9 Å². The molecule has 8 nitrogen and oxygen atoms in total. The largest absolute Gasteiger partial charge is 0.465 e. The number of nitrogens with one attached hydrogen (secondary N) is 1. The van der Waals surface area contributed by atoms with Gasteiger partial charge in [0.25, 0.3) is 0 Å². The van der Waals surface area contributed by atoms with Gasteiger partial charge in [0.05, 0.1) is 13.7 Å². The lowest BCUT2D eigenvalue weighted by Crippen LogP contribution is -2.16. The fourth-order valence-electron chi connectivity index (χ4n) is 1.91. The van der Waals surface area contributed by atoms with Crippen molar-refractivity contribution in [2.24, 2.45) is 5.92 Å². The predicted octanol–water partition coefficient (Wildman–Crippen LogP) is 0.637. The molecule has 1 heterocycles. The Morgan fingerprint density at radius 1 is 1.48 bits per heavy atom. The fraction of sp³-hybridized carbons (Fsp3) is 0.615. The van der Waals surface area contributed by atoms with Crippen LogP contribution in [0.2, 0.25) is 0 Å². The van der Waals surface area contributed by atoms with E-state index >= 15 is 0 Å². The molecule has 1 aromatic heterocycles. The van der Waals surface area contributed by atoms with Gasteiger partial charge in [0.2, 0.25) is 0 Å². The molecule has 3 N–H and O–H groups in total. The first kappa shape index (κ1) is 15.1. The zero-order valence-electron chi connectivity index (χ0n) is 12.2. The van der Waals surface area contributed by atoms with Crippen molar-refractivity contribution in [1.29, 1.82) is 0 Å². The molecule has 1 fully saturated rings. The molecule has 0 unspecified atom stereocenters. The minimum absolute atomic E-state index is 0.0909. The molecule has 8 heteroatoms. The fourth-order valence-corrected chi connectivity index (χ4v) is 1.91. The van der Waals surface area contributed by atoms with Crippen molar-refractivity contribution in [1.82, 2.24) is 9.78 Å². The number of nitrogens with zero attached hydrogens (tertiary/aromatic N) is 2. The lowest BCUT2D eigenvalue weighted by atomic mass is 10.3. The highest BCUT2D eigenvalue weighted by molar-refractivity contribution is 5.99. The van der Waals surface area contributed by atoms with Gasteiger partial charge in [-0.2, -0.15) is 5.10 Å². The summed E-state index contributed by atoms with van der Waals surface area (Å²) >= 11 is 0. The second-order valence-electron chi connectivity index (χ2n) is 4.89. The van der Waals surface area contributed by atoms with E-state index in [1.54, 1.807) is 6.92 Å². The number of nitrogen functional groups attached to an aromatic ring is 1. The second kappa shape index (κ2) is 6.47. The van der Waals surface area contributed by atoms with Crippen molar-refractivity contribution >= 4 is 23.6 Å². The van der Waals surface area contributed by atoms with Crippen molar-refractivity contribution in [2.45, 2.75) is 26.3 Å². The summed E-state index contributed by atoms with van der Waals surface area (Å²) in [6.07, 6.45) is 2.33. The van der Waals surface area contributed by atoms with Gasteiger partial charge in [-0.1, -0.05) is 0 Å². The number of anilines is 2. The summed E-state index contributed by atoms with van der Waals surface area (Å²) in [5, 5.41) is 7.27. The van der Waals surface area contributed by atoms with Gasteiger partial charge >= 0.3 is 11.9 Å². The third-order valence-electron chi connectivity index (χ3n) is 3.22. The van der Waals surface area contributed by atoms with E-state index in [-0.39, 0.29) is 24.5 Å². The minimum atomic E-state index is -0.582. The van der Waals surface area contributed by atoms with Crippen LogP contribution in [-0.2, 0) is 20.8 Å². The monoisotopic (exact) mass is 296 g/mol. The van der Waals surface area contributed by atoms with Crippen LogP contribution in [0.15, 0.2) is 0 Å². The van der Waals surface area contributed by atoms with Gasteiger partial charge in [-0.05, 0) is 25.7 Å². The molecule has 1 saturated carbocycles.